The highest BCUT2D eigenvalue weighted by Crippen LogP contribution is 2.42. The van der Waals surface area contributed by atoms with Gasteiger partial charge in [-0.05, 0) is 24.6 Å². The van der Waals surface area contributed by atoms with E-state index in [-0.39, 0.29) is 11.5 Å². The van der Waals surface area contributed by atoms with Crippen molar-refractivity contribution in [3.8, 4) is 5.69 Å². The lowest BCUT2D eigenvalue weighted by Gasteiger charge is -2.50. The van der Waals surface area contributed by atoms with Gasteiger partial charge in [0.2, 0.25) is 0 Å². The van der Waals surface area contributed by atoms with Crippen molar-refractivity contribution >= 4 is 5.69 Å². The summed E-state index contributed by atoms with van der Waals surface area (Å²) in [5.74, 6) is 0. The molecule has 2 aromatic rings. The number of aliphatic hydroxyl groups is 1. The predicted octanol–water partition coefficient (Wildman–Crippen LogP) is 2.44. The first-order chi connectivity index (χ1) is 9.09. The second-order valence-corrected chi connectivity index (χ2v) is 5.74. The lowest BCUT2D eigenvalue weighted by atomic mass is 9.64. The molecule has 19 heavy (non-hydrogen) atoms. The Morgan fingerprint density at radius 3 is 2.74 bits per heavy atom. The lowest BCUT2D eigenvalue weighted by Crippen LogP contribution is -2.57. The summed E-state index contributed by atoms with van der Waals surface area (Å²) in [6.45, 7) is 4.19. The molecule has 1 aromatic carbocycles. The van der Waals surface area contributed by atoms with Crippen LogP contribution in [0, 0.1) is 5.41 Å². The number of hydrogen-bond donors (Lipinski definition) is 2. The van der Waals surface area contributed by atoms with E-state index in [1.807, 2.05) is 35.1 Å². The van der Waals surface area contributed by atoms with Crippen LogP contribution in [0.2, 0.25) is 0 Å². The molecular formula is C15H19N3O. The van der Waals surface area contributed by atoms with Gasteiger partial charge < -0.3 is 10.4 Å². The minimum absolute atomic E-state index is 0.0861. The van der Waals surface area contributed by atoms with Crippen molar-refractivity contribution < 1.29 is 5.11 Å². The third kappa shape index (κ3) is 2.02. The van der Waals surface area contributed by atoms with Crippen LogP contribution in [-0.4, -0.2) is 27.0 Å². The van der Waals surface area contributed by atoms with Crippen LogP contribution in [-0.2, 0) is 0 Å². The number of nitrogens with zero attached hydrogens (tertiary/aromatic N) is 2. The van der Waals surface area contributed by atoms with Gasteiger partial charge in [0.1, 0.15) is 0 Å². The van der Waals surface area contributed by atoms with Crippen LogP contribution < -0.4 is 5.32 Å². The Labute approximate surface area is 113 Å². The minimum Gasteiger partial charge on any atom is -0.392 e. The Morgan fingerprint density at radius 2 is 2.11 bits per heavy atom. The Balaban J connectivity index is 1.87. The summed E-state index contributed by atoms with van der Waals surface area (Å²) in [6.07, 6.45) is 4.28. The second-order valence-electron chi connectivity index (χ2n) is 5.74. The number of nitrogens with one attached hydrogen (secondary N) is 1. The molecule has 1 aromatic heterocycles. The molecule has 3 rings (SSSR count). The monoisotopic (exact) mass is 257 g/mol. The first kappa shape index (κ1) is 12.2. The normalized spacial score (nSPS) is 24.8. The molecule has 1 fully saturated rings. The van der Waals surface area contributed by atoms with Gasteiger partial charge in [0.25, 0.3) is 0 Å². The van der Waals surface area contributed by atoms with Gasteiger partial charge >= 0.3 is 0 Å². The van der Waals surface area contributed by atoms with Gasteiger partial charge in [-0.15, -0.1) is 0 Å². The average molecular weight is 257 g/mol. The van der Waals surface area contributed by atoms with Gasteiger partial charge in [0.15, 0.2) is 0 Å². The Kier molecular flexibility index (Phi) is 2.82. The number of anilines is 1. The third-order valence-electron chi connectivity index (χ3n) is 4.20. The molecule has 2 unspecified atom stereocenters. The number of benzene rings is 1. The Bertz CT molecular complexity index is 563. The van der Waals surface area contributed by atoms with Crippen LogP contribution in [0.15, 0.2) is 42.7 Å². The van der Waals surface area contributed by atoms with E-state index in [1.54, 1.807) is 6.20 Å². The van der Waals surface area contributed by atoms with Crippen LogP contribution in [0.3, 0.4) is 0 Å². The topological polar surface area (TPSA) is 50.1 Å². The maximum atomic E-state index is 9.82. The Hall–Kier alpha value is -1.81. The van der Waals surface area contributed by atoms with E-state index >= 15 is 0 Å². The van der Waals surface area contributed by atoms with Crippen LogP contribution in [0.1, 0.15) is 20.3 Å². The molecule has 1 heterocycles. The van der Waals surface area contributed by atoms with Gasteiger partial charge in [-0.25, -0.2) is 4.68 Å². The zero-order chi connectivity index (χ0) is 13.5. The first-order valence-electron chi connectivity index (χ1n) is 6.62. The number of hydrogen-bond acceptors (Lipinski definition) is 3. The van der Waals surface area contributed by atoms with Crippen molar-refractivity contribution in [3.05, 3.63) is 42.7 Å². The fourth-order valence-electron chi connectivity index (χ4n) is 2.54. The largest absolute Gasteiger partial charge is 0.392 e. The highest BCUT2D eigenvalue weighted by molar-refractivity contribution is 5.61. The zero-order valence-electron chi connectivity index (χ0n) is 11.2. The predicted molar refractivity (Wildman–Crippen MR) is 75.4 cm³/mol. The van der Waals surface area contributed by atoms with Crippen molar-refractivity contribution in [2.24, 2.45) is 5.41 Å². The van der Waals surface area contributed by atoms with E-state index in [4.69, 9.17) is 0 Å². The first-order valence-corrected chi connectivity index (χ1v) is 6.62. The van der Waals surface area contributed by atoms with E-state index in [9.17, 15) is 5.11 Å². The molecule has 2 atom stereocenters. The number of aliphatic hydroxyl groups excluding tert-OH is 1. The molecule has 0 bridgehead atoms. The average Bonchev–Trinajstić information content (AvgIpc) is 2.93. The van der Waals surface area contributed by atoms with Gasteiger partial charge in [0.05, 0.1) is 17.5 Å². The molecule has 0 radical (unpaired) electrons. The molecular weight excluding hydrogens is 238 g/mol. The molecule has 1 aliphatic rings. The number of aromatic nitrogens is 2. The maximum absolute atomic E-state index is 9.82. The van der Waals surface area contributed by atoms with Crippen LogP contribution in [0.25, 0.3) is 5.69 Å². The molecule has 2 N–H and O–H groups in total. The van der Waals surface area contributed by atoms with E-state index in [2.05, 4.69) is 30.3 Å². The van der Waals surface area contributed by atoms with Crippen molar-refractivity contribution in [2.75, 3.05) is 5.32 Å². The fourth-order valence-corrected chi connectivity index (χ4v) is 2.54. The quantitative estimate of drug-likeness (QED) is 0.888. The van der Waals surface area contributed by atoms with Crippen molar-refractivity contribution in [1.82, 2.24) is 9.78 Å². The van der Waals surface area contributed by atoms with Crippen LogP contribution in [0.4, 0.5) is 5.69 Å². The van der Waals surface area contributed by atoms with Crippen LogP contribution >= 0.6 is 0 Å². The van der Waals surface area contributed by atoms with Crippen LogP contribution in [0.5, 0.6) is 0 Å². The lowest BCUT2D eigenvalue weighted by molar-refractivity contribution is -0.0510. The molecule has 0 saturated heterocycles. The Morgan fingerprint density at radius 1 is 1.32 bits per heavy atom. The summed E-state index contributed by atoms with van der Waals surface area (Å²) >= 11 is 0. The van der Waals surface area contributed by atoms with Crippen molar-refractivity contribution in [3.63, 3.8) is 0 Å². The van der Waals surface area contributed by atoms with Gasteiger partial charge in [-0.1, -0.05) is 26.0 Å². The molecule has 0 spiro atoms. The highest BCUT2D eigenvalue weighted by Gasteiger charge is 2.47. The molecule has 1 saturated carbocycles. The van der Waals surface area contributed by atoms with E-state index in [0.717, 1.165) is 17.8 Å². The smallest absolute Gasteiger partial charge is 0.0876 e. The molecule has 4 nitrogen and oxygen atoms in total. The maximum Gasteiger partial charge on any atom is 0.0876 e. The second kappa shape index (κ2) is 4.38. The summed E-state index contributed by atoms with van der Waals surface area (Å²) in [5.41, 5.74) is 2.00. The third-order valence-corrected chi connectivity index (χ3v) is 4.20. The molecule has 4 heteroatoms. The molecule has 0 amide bonds. The molecule has 100 valence electrons. The standard InChI is InChI=1S/C15H19N3O/c1-15(2)13(10-14(15)19)17-11-6-3-4-7-12(11)18-9-5-8-16-18/h3-9,13-14,17,19H,10H2,1-2H3. The fraction of sp³-hybridized carbons (Fsp3) is 0.400. The zero-order valence-corrected chi connectivity index (χ0v) is 11.2. The highest BCUT2D eigenvalue weighted by atomic mass is 16.3. The SMILES string of the molecule is CC1(C)C(O)CC1Nc1ccccc1-n1cccn1. The molecule has 1 aliphatic carbocycles. The summed E-state index contributed by atoms with van der Waals surface area (Å²) < 4.78 is 1.85. The summed E-state index contributed by atoms with van der Waals surface area (Å²) in [6, 6.07) is 10.3. The number of para-hydroxylation sites is 2. The van der Waals surface area contributed by atoms with Gasteiger partial charge in [-0.3, -0.25) is 0 Å². The van der Waals surface area contributed by atoms with Crippen molar-refractivity contribution in [1.29, 1.82) is 0 Å². The molecule has 0 aliphatic heterocycles. The summed E-state index contributed by atoms with van der Waals surface area (Å²) in [7, 11) is 0. The van der Waals surface area contributed by atoms with Crippen molar-refractivity contribution in [2.45, 2.75) is 32.4 Å². The summed E-state index contributed by atoms with van der Waals surface area (Å²) in [5, 5.41) is 17.6. The van der Waals surface area contributed by atoms with E-state index < -0.39 is 0 Å². The van der Waals surface area contributed by atoms with E-state index in [1.165, 1.54) is 0 Å². The van der Waals surface area contributed by atoms with Gasteiger partial charge in [-0.2, -0.15) is 5.10 Å². The van der Waals surface area contributed by atoms with Gasteiger partial charge in [0, 0.05) is 23.9 Å². The van der Waals surface area contributed by atoms with E-state index in [0.29, 0.717) is 6.04 Å². The minimum atomic E-state index is -0.220. The summed E-state index contributed by atoms with van der Waals surface area (Å²) in [4.78, 5) is 0. The number of rotatable bonds is 3.